The predicted molar refractivity (Wildman–Crippen MR) is 133 cm³/mol. The van der Waals surface area contributed by atoms with Crippen LogP contribution in [0, 0.1) is 5.82 Å². The molecule has 2 amide bonds. The van der Waals surface area contributed by atoms with Gasteiger partial charge >= 0.3 is 0 Å². The van der Waals surface area contributed by atoms with E-state index in [2.05, 4.69) is 20.5 Å². The maximum Gasteiger partial charge on any atom is 0.270 e. The van der Waals surface area contributed by atoms with Crippen LogP contribution in [0.2, 0.25) is 0 Å². The zero-order valence-corrected chi connectivity index (χ0v) is 20.9. The number of carbonyl (C=O) groups is 2. The fourth-order valence-electron chi connectivity index (χ4n) is 4.26. The smallest absolute Gasteiger partial charge is 0.270 e. The largest absolute Gasteiger partial charge is 0.381 e. The molecule has 1 aliphatic rings. The summed E-state index contributed by atoms with van der Waals surface area (Å²) in [6.45, 7) is 6.59. The fraction of sp³-hybridized carbons (Fsp3) is 0.440. The SMILES string of the molecule is CCCNC(=O)c1csc(-c2c(-c3ccc(F)cc3)n[nH]c2C2CCN(C(=O)C(C)(C)O)CC2)n1. The number of piperidine rings is 1. The van der Waals surface area contributed by atoms with Crippen molar-refractivity contribution < 1.29 is 19.1 Å². The predicted octanol–water partition coefficient (Wildman–Crippen LogP) is 3.96. The number of rotatable bonds is 7. The van der Waals surface area contributed by atoms with Gasteiger partial charge in [-0.3, -0.25) is 14.7 Å². The van der Waals surface area contributed by atoms with Crippen molar-refractivity contribution >= 4 is 23.2 Å². The van der Waals surface area contributed by atoms with E-state index < -0.39 is 5.60 Å². The Bertz CT molecular complexity index is 1190. The van der Waals surface area contributed by atoms with E-state index in [-0.39, 0.29) is 23.5 Å². The normalized spacial score (nSPS) is 14.8. The number of likely N-dealkylation sites (tertiary alicyclic amines) is 1. The molecule has 1 fully saturated rings. The quantitative estimate of drug-likeness (QED) is 0.456. The molecule has 4 rings (SSSR count). The molecule has 186 valence electrons. The van der Waals surface area contributed by atoms with Gasteiger partial charge in [0.1, 0.15) is 27.8 Å². The number of aromatic nitrogens is 3. The number of nitrogens with one attached hydrogen (secondary N) is 2. The minimum atomic E-state index is -1.41. The van der Waals surface area contributed by atoms with Crippen LogP contribution in [0.3, 0.4) is 0 Å². The molecule has 0 atom stereocenters. The first-order chi connectivity index (χ1) is 16.7. The van der Waals surface area contributed by atoms with E-state index in [9.17, 15) is 19.1 Å². The van der Waals surface area contributed by atoms with E-state index in [1.165, 1.54) is 37.3 Å². The Labute approximate surface area is 207 Å². The molecule has 0 radical (unpaired) electrons. The van der Waals surface area contributed by atoms with Crippen LogP contribution in [-0.2, 0) is 4.79 Å². The number of aromatic amines is 1. The summed E-state index contributed by atoms with van der Waals surface area (Å²) in [5.74, 6) is -0.755. The van der Waals surface area contributed by atoms with E-state index in [0.29, 0.717) is 48.9 Å². The van der Waals surface area contributed by atoms with Gasteiger partial charge in [0.05, 0.1) is 5.56 Å². The summed E-state index contributed by atoms with van der Waals surface area (Å²) in [7, 11) is 0. The third-order valence-electron chi connectivity index (χ3n) is 6.11. The van der Waals surface area contributed by atoms with Crippen molar-refractivity contribution in [3.05, 3.63) is 46.9 Å². The van der Waals surface area contributed by atoms with Crippen molar-refractivity contribution in [3.8, 4) is 21.8 Å². The van der Waals surface area contributed by atoms with Crippen molar-refractivity contribution in [2.45, 2.75) is 51.6 Å². The molecule has 0 saturated carbocycles. The summed E-state index contributed by atoms with van der Waals surface area (Å²) in [5.41, 5.74) is 2.01. The van der Waals surface area contributed by atoms with Gasteiger partial charge in [0.15, 0.2) is 0 Å². The Balaban J connectivity index is 1.66. The number of H-pyrrole nitrogens is 1. The van der Waals surface area contributed by atoms with E-state index >= 15 is 0 Å². The van der Waals surface area contributed by atoms with Crippen LogP contribution in [-0.4, -0.2) is 62.2 Å². The van der Waals surface area contributed by atoms with Crippen LogP contribution >= 0.6 is 11.3 Å². The Hall–Kier alpha value is -3.11. The van der Waals surface area contributed by atoms with Gasteiger partial charge in [-0.1, -0.05) is 6.92 Å². The first-order valence-corrected chi connectivity index (χ1v) is 12.7. The lowest BCUT2D eigenvalue weighted by Gasteiger charge is -2.35. The zero-order chi connectivity index (χ0) is 25.2. The van der Waals surface area contributed by atoms with Crippen LogP contribution in [0.25, 0.3) is 21.8 Å². The lowest BCUT2D eigenvalue weighted by Crippen LogP contribution is -2.48. The van der Waals surface area contributed by atoms with Crippen molar-refractivity contribution in [3.63, 3.8) is 0 Å². The van der Waals surface area contributed by atoms with Crippen molar-refractivity contribution in [2.75, 3.05) is 19.6 Å². The molecule has 1 aliphatic heterocycles. The zero-order valence-electron chi connectivity index (χ0n) is 20.1. The van der Waals surface area contributed by atoms with E-state index in [1.807, 2.05) is 6.92 Å². The van der Waals surface area contributed by atoms with Gasteiger partial charge in [-0.25, -0.2) is 9.37 Å². The molecule has 0 bridgehead atoms. The molecule has 2 aromatic heterocycles. The average molecular weight is 500 g/mol. The summed E-state index contributed by atoms with van der Waals surface area (Å²) in [6.07, 6.45) is 2.21. The monoisotopic (exact) mass is 499 g/mol. The van der Waals surface area contributed by atoms with Crippen molar-refractivity contribution in [2.24, 2.45) is 0 Å². The topological polar surface area (TPSA) is 111 Å². The number of hydrogen-bond acceptors (Lipinski definition) is 6. The molecule has 3 N–H and O–H groups in total. The summed E-state index contributed by atoms with van der Waals surface area (Å²) in [4.78, 5) is 31.2. The Morgan fingerprint density at radius 1 is 1.26 bits per heavy atom. The summed E-state index contributed by atoms with van der Waals surface area (Å²) in [5, 5.41) is 23.1. The number of amides is 2. The molecule has 3 aromatic rings. The van der Waals surface area contributed by atoms with Gasteiger partial charge in [-0.15, -0.1) is 11.3 Å². The Morgan fingerprint density at radius 2 is 1.94 bits per heavy atom. The van der Waals surface area contributed by atoms with Crippen LogP contribution in [0.1, 0.15) is 62.1 Å². The molecule has 8 nitrogen and oxygen atoms in total. The molecular formula is C25H30FN5O3S. The number of thiazole rings is 1. The van der Waals surface area contributed by atoms with Gasteiger partial charge in [0, 0.05) is 42.2 Å². The second kappa shape index (κ2) is 10.2. The van der Waals surface area contributed by atoms with Crippen LogP contribution in [0.15, 0.2) is 29.6 Å². The molecule has 0 spiro atoms. The lowest BCUT2D eigenvalue weighted by atomic mass is 9.89. The third-order valence-corrected chi connectivity index (χ3v) is 6.97. The lowest BCUT2D eigenvalue weighted by molar-refractivity contribution is -0.148. The van der Waals surface area contributed by atoms with E-state index in [4.69, 9.17) is 0 Å². The maximum absolute atomic E-state index is 13.6. The highest BCUT2D eigenvalue weighted by molar-refractivity contribution is 7.13. The average Bonchev–Trinajstić information content (AvgIpc) is 3.49. The first kappa shape index (κ1) is 25.0. The minimum Gasteiger partial charge on any atom is -0.381 e. The molecule has 0 aliphatic carbocycles. The van der Waals surface area contributed by atoms with Crippen LogP contribution in [0.4, 0.5) is 4.39 Å². The van der Waals surface area contributed by atoms with Crippen molar-refractivity contribution in [1.29, 1.82) is 0 Å². The molecule has 1 aromatic carbocycles. The van der Waals surface area contributed by atoms with E-state index in [1.54, 1.807) is 22.4 Å². The van der Waals surface area contributed by atoms with Crippen LogP contribution in [0.5, 0.6) is 0 Å². The van der Waals surface area contributed by atoms with Crippen molar-refractivity contribution in [1.82, 2.24) is 25.4 Å². The van der Waals surface area contributed by atoms with Gasteiger partial charge in [-0.05, 0) is 57.4 Å². The molecule has 3 heterocycles. The number of nitrogens with zero attached hydrogens (tertiary/aromatic N) is 3. The second-order valence-electron chi connectivity index (χ2n) is 9.29. The highest BCUT2D eigenvalue weighted by Crippen LogP contribution is 2.41. The second-order valence-corrected chi connectivity index (χ2v) is 10.1. The summed E-state index contributed by atoms with van der Waals surface area (Å²) < 4.78 is 13.6. The number of halogens is 1. The van der Waals surface area contributed by atoms with Gasteiger partial charge in [0.2, 0.25) is 0 Å². The van der Waals surface area contributed by atoms with Gasteiger partial charge in [-0.2, -0.15) is 5.10 Å². The van der Waals surface area contributed by atoms with Gasteiger partial charge < -0.3 is 15.3 Å². The Morgan fingerprint density at radius 3 is 2.57 bits per heavy atom. The number of hydrogen-bond donors (Lipinski definition) is 3. The Kier molecular flexibility index (Phi) is 7.32. The molecule has 0 unspecified atom stereocenters. The third kappa shape index (κ3) is 5.43. The van der Waals surface area contributed by atoms with E-state index in [0.717, 1.165) is 23.2 Å². The van der Waals surface area contributed by atoms with Gasteiger partial charge in [0.25, 0.3) is 11.8 Å². The minimum absolute atomic E-state index is 0.0822. The maximum atomic E-state index is 13.6. The number of carbonyl (C=O) groups excluding carboxylic acids is 2. The molecule has 35 heavy (non-hydrogen) atoms. The molecular weight excluding hydrogens is 469 g/mol. The standard InChI is InChI=1S/C25H30FN5O3S/c1-4-11-27-22(32)18-14-35-23(28-18)19-20(15-5-7-17(26)8-6-15)29-30-21(19)16-9-12-31(13-10-16)24(33)25(2,3)34/h5-8,14,16,34H,4,9-13H2,1-3H3,(H,27,32)(H,29,30). The summed E-state index contributed by atoms with van der Waals surface area (Å²) >= 11 is 1.36. The number of aliphatic hydroxyl groups is 1. The fourth-order valence-corrected chi connectivity index (χ4v) is 5.12. The molecule has 1 saturated heterocycles. The highest BCUT2D eigenvalue weighted by atomic mass is 32.1. The summed E-state index contributed by atoms with van der Waals surface area (Å²) in [6, 6.07) is 6.12. The van der Waals surface area contributed by atoms with Crippen LogP contribution < -0.4 is 5.32 Å². The first-order valence-electron chi connectivity index (χ1n) is 11.8. The highest BCUT2D eigenvalue weighted by Gasteiger charge is 2.34. The molecule has 10 heteroatoms. The number of benzene rings is 1.